The second-order valence-corrected chi connectivity index (χ2v) is 9.08. The number of hydrogen-bond donors (Lipinski definition) is 1. The number of carboxylic acid groups (broad SMARTS) is 1. The molecule has 74 valence electrons. The van der Waals surface area contributed by atoms with Crippen LogP contribution in [0.25, 0.3) is 0 Å². The van der Waals surface area contributed by atoms with Gasteiger partial charge in [-0.15, -0.1) is 0 Å². The zero-order valence-corrected chi connectivity index (χ0v) is 9.39. The van der Waals surface area contributed by atoms with Crippen LogP contribution in [-0.4, -0.2) is 35.7 Å². The van der Waals surface area contributed by atoms with Crippen molar-refractivity contribution >= 4 is 13.2 Å². The number of carbonyl (C=O) groups is 1. The van der Waals surface area contributed by atoms with E-state index in [-0.39, 0.29) is 0 Å². The Bertz CT molecular complexity index is 133. The molecule has 2 nitrogen and oxygen atoms in total. The molecule has 0 aliphatic rings. The van der Waals surface area contributed by atoms with Gasteiger partial charge in [0.1, 0.15) is 0 Å². The van der Waals surface area contributed by atoms with Gasteiger partial charge in [0.2, 0.25) is 0 Å². The molecule has 0 atom stereocenters. The molecule has 0 saturated carbocycles. The number of carboxylic acids is 1. The Morgan fingerprint density at radius 3 is 1.83 bits per heavy atom. The van der Waals surface area contributed by atoms with Gasteiger partial charge in [0.25, 0.3) is 0 Å². The van der Waals surface area contributed by atoms with Crippen LogP contribution in [-0.2, 0) is 4.79 Å². The van der Waals surface area contributed by atoms with Gasteiger partial charge in [-0.05, 0) is 0 Å². The van der Waals surface area contributed by atoms with E-state index in [9.17, 15) is 4.79 Å². The number of rotatable bonds is 6. The summed E-state index contributed by atoms with van der Waals surface area (Å²) >= 11 is 0. The van der Waals surface area contributed by atoms with Gasteiger partial charge in [-0.3, -0.25) is 0 Å². The Hall–Kier alpha value is -0.100. The SMILES string of the molecule is CC[PH](CC)(CC)CCC(=O)O. The number of hydrogen-bond acceptors (Lipinski definition) is 1. The van der Waals surface area contributed by atoms with Crippen molar-refractivity contribution in [2.24, 2.45) is 0 Å². The quantitative estimate of drug-likeness (QED) is 0.655. The monoisotopic (exact) mass is 192 g/mol. The van der Waals surface area contributed by atoms with E-state index in [0.717, 1.165) is 6.16 Å². The molecule has 0 saturated heterocycles. The summed E-state index contributed by atoms with van der Waals surface area (Å²) in [6.45, 7) is 6.63. The van der Waals surface area contributed by atoms with Gasteiger partial charge < -0.3 is 0 Å². The summed E-state index contributed by atoms with van der Waals surface area (Å²) in [6, 6.07) is 0. The first kappa shape index (κ1) is 11.9. The molecule has 1 N–H and O–H groups in total. The van der Waals surface area contributed by atoms with Crippen LogP contribution in [0.5, 0.6) is 0 Å². The van der Waals surface area contributed by atoms with Gasteiger partial charge in [0.05, 0.1) is 0 Å². The van der Waals surface area contributed by atoms with Gasteiger partial charge in [-0.25, -0.2) is 0 Å². The van der Waals surface area contributed by atoms with Crippen LogP contribution >= 0.6 is 7.26 Å². The van der Waals surface area contributed by atoms with E-state index < -0.39 is 13.2 Å². The molecule has 12 heavy (non-hydrogen) atoms. The van der Waals surface area contributed by atoms with Crippen LogP contribution in [0.1, 0.15) is 27.2 Å². The van der Waals surface area contributed by atoms with Gasteiger partial charge in [-0.2, -0.15) is 0 Å². The maximum atomic E-state index is 10.4. The van der Waals surface area contributed by atoms with Crippen molar-refractivity contribution in [2.45, 2.75) is 27.2 Å². The van der Waals surface area contributed by atoms with Crippen molar-refractivity contribution in [1.82, 2.24) is 0 Å². The Kier molecular flexibility index (Phi) is 5.48. The molecule has 0 fully saturated rings. The topological polar surface area (TPSA) is 37.3 Å². The third-order valence-electron chi connectivity index (χ3n) is 3.12. The summed E-state index contributed by atoms with van der Waals surface area (Å²) in [4.78, 5) is 10.4. The molecule has 3 heteroatoms. The summed E-state index contributed by atoms with van der Waals surface area (Å²) in [7, 11) is -1.16. The van der Waals surface area contributed by atoms with Crippen LogP contribution in [0, 0.1) is 0 Å². The van der Waals surface area contributed by atoms with Crippen molar-refractivity contribution in [3.63, 3.8) is 0 Å². The second-order valence-electron chi connectivity index (χ2n) is 3.45. The first-order valence-corrected chi connectivity index (χ1v) is 7.65. The standard InChI is InChI=1S/C9H21O2P/c1-4-12(5-2,6-3)8-7-9(10)11/h12H,4-8H2,1-3H3,(H,10,11). The van der Waals surface area contributed by atoms with Crippen LogP contribution in [0.2, 0.25) is 0 Å². The van der Waals surface area contributed by atoms with Crippen molar-refractivity contribution in [3.05, 3.63) is 0 Å². The minimum atomic E-state index is -1.16. The minimum absolute atomic E-state index is 0.377. The maximum absolute atomic E-state index is 10.4. The van der Waals surface area contributed by atoms with E-state index in [0.29, 0.717) is 6.42 Å². The molecule has 0 radical (unpaired) electrons. The van der Waals surface area contributed by atoms with E-state index in [1.54, 1.807) is 0 Å². The second kappa shape index (κ2) is 5.53. The average Bonchev–Trinajstić information content (AvgIpc) is 2.08. The predicted octanol–water partition coefficient (Wildman–Crippen LogP) is 2.27. The fraction of sp³-hybridized carbons (Fsp3) is 0.889. The summed E-state index contributed by atoms with van der Waals surface area (Å²) in [5.41, 5.74) is 0. The van der Waals surface area contributed by atoms with Gasteiger partial charge in [0, 0.05) is 0 Å². The molecule has 0 aliphatic carbocycles. The molecule has 0 unspecified atom stereocenters. The first-order valence-electron chi connectivity index (χ1n) is 4.82. The third-order valence-corrected chi connectivity index (χ3v) is 8.93. The summed E-state index contributed by atoms with van der Waals surface area (Å²) < 4.78 is 0. The molecule has 0 spiro atoms. The molecule has 0 aliphatic heterocycles. The van der Waals surface area contributed by atoms with E-state index in [1.165, 1.54) is 18.5 Å². The Morgan fingerprint density at radius 1 is 1.17 bits per heavy atom. The average molecular weight is 192 g/mol. The molecule has 0 rings (SSSR count). The summed E-state index contributed by atoms with van der Waals surface area (Å²) in [5, 5.41) is 8.59. The molecule has 0 aromatic heterocycles. The van der Waals surface area contributed by atoms with Gasteiger partial charge in [-0.1, -0.05) is 0 Å². The molecular weight excluding hydrogens is 171 g/mol. The molecule has 0 amide bonds. The van der Waals surface area contributed by atoms with Crippen LogP contribution in [0.15, 0.2) is 0 Å². The van der Waals surface area contributed by atoms with Crippen molar-refractivity contribution < 1.29 is 9.90 Å². The molecular formula is C9H21O2P. The fourth-order valence-electron chi connectivity index (χ4n) is 1.65. The molecule has 0 aromatic carbocycles. The zero-order valence-electron chi connectivity index (χ0n) is 8.39. The fourth-order valence-corrected chi connectivity index (χ4v) is 4.96. The predicted molar refractivity (Wildman–Crippen MR) is 57.1 cm³/mol. The Labute approximate surface area is 75.7 Å². The third kappa shape index (κ3) is 3.53. The van der Waals surface area contributed by atoms with E-state index in [2.05, 4.69) is 20.8 Å². The van der Waals surface area contributed by atoms with E-state index in [4.69, 9.17) is 5.11 Å². The van der Waals surface area contributed by atoms with Gasteiger partial charge >= 0.3 is 75.0 Å². The van der Waals surface area contributed by atoms with Gasteiger partial charge in [0.15, 0.2) is 0 Å². The number of aliphatic carboxylic acids is 1. The van der Waals surface area contributed by atoms with Crippen molar-refractivity contribution in [2.75, 3.05) is 24.6 Å². The summed E-state index contributed by atoms with van der Waals surface area (Å²) in [6.07, 6.45) is 5.03. The van der Waals surface area contributed by atoms with E-state index >= 15 is 0 Å². The first-order chi connectivity index (χ1) is 5.60. The van der Waals surface area contributed by atoms with Crippen molar-refractivity contribution in [3.8, 4) is 0 Å². The molecule has 0 aromatic rings. The van der Waals surface area contributed by atoms with Crippen LogP contribution in [0.4, 0.5) is 0 Å². The van der Waals surface area contributed by atoms with Crippen LogP contribution < -0.4 is 0 Å². The Balaban J connectivity index is 4.01. The summed E-state index contributed by atoms with van der Waals surface area (Å²) in [5.74, 6) is -0.637. The zero-order chi connectivity index (χ0) is 9.61. The molecule has 0 heterocycles. The van der Waals surface area contributed by atoms with Crippen molar-refractivity contribution in [1.29, 1.82) is 0 Å². The Morgan fingerprint density at radius 2 is 1.58 bits per heavy atom. The molecule has 0 bridgehead atoms. The van der Waals surface area contributed by atoms with E-state index in [1.807, 2.05) is 0 Å². The normalized spacial score (nSPS) is 12.9. The van der Waals surface area contributed by atoms with Crippen LogP contribution in [0.3, 0.4) is 0 Å².